The highest BCUT2D eigenvalue weighted by Gasteiger charge is 2.03. The zero-order chi connectivity index (χ0) is 31.3. The molecule has 0 aromatic heterocycles. The lowest BCUT2D eigenvalue weighted by atomic mass is 10.0. The van der Waals surface area contributed by atoms with E-state index in [2.05, 4.69) is 19.1 Å². The maximum atomic E-state index is 11.9. The van der Waals surface area contributed by atoms with Crippen LogP contribution in [-0.4, -0.2) is 23.7 Å². The van der Waals surface area contributed by atoms with Crippen LogP contribution in [0, 0.1) is 0 Å². The number of esters is 1. The van der Waals surface area contributed by atoms with Gasteiger partial charge in [0.1, 0.15) is 0 Å². The molecule has 1 N–H and O–H groups in total. The fourth-order valence-electron chi connectivity index (χ4n) is 5.80. The highest BCUT2D eigenvalue weighted by Crippen LogP contribution is 2.15. The van der Waals surface area contributed by atoms with Gasteiger partial charge in [-0.3, -0.25) is 9.59 Å². The topological polar surface area (TPSA) is 63.6 Å². The van der Waals surface area contributed by atoms with Gasteiger partial charge >= 0.3 is 11.9 Å². The molecular weight excluding hydrogens is 532 g/mol. The Balaban J connectivity index is 3.19. The molecule has 0 heterocycles. The third-order valence-electron chi connectivity index (χ3n) is 8.69. The number of carbonyl (C=O) groups excluding carboxylic acids is 1. The van der Waals surface area contributed by atoms with Crippen molar-refractivity contribution in [3.63, 3.8) is 0 Å². The highest BCUT2D eigenvalue weighted by atomic mass is 16.5. The molecule has 0 unspecified atom stereocenters. The smallest absolute Gasteiger partial charge is 0.305 e. The molecular formula is C39H74O4. The van der Waals surface area contributed by atoms with Crippen molar-refractivity contribution in [1.29, 1.82) is 0 Å². The van der Waals surface area contributed by atoms with Crippen LogP contribution >= 0.6 is 0 Å². The molecule has 0 aliphatic heterocycles. The number of rotatable bonds is 36. The molecule has 0 aliphatic carbocycles. The largest absolute Gasteiger partial charge is 0.481 e. The summed E-state index contributed by atoms with van der Waals surface area (Å²) in [6.07, 6.45) is 45.1. The van der Waals surface area contributed by atoms with Gasteiger partial charge in [-0.05, 0) is 44.9 Å². The Morgan fingerprint density at radius 3 is 1.16 bits per heavy atom. The number of carboxylic acid groups (broad SMARTS) is 1. The van der Waals surface area contributed by atoms with Crippen LogP contribution in [0.4, 0.5) is 0 Å². The number of carbonyl (C=O) groups is 2. The summed E-state index contributed by atoms with van der Waals surface area (Å²) < 4.78 is 5.44. The molecule has 0 amide bonds. The van der Waals surface area contributed by atoms with E-state index in [4.69, 9.17) is 9.84 Å². The Kier molecular flexibility index (Phi) is 35.7. The zero-order valence-corrected chi connectivity index (χ0v) is 28.9. The van der Waals surface area contributed by atoms with Crippen molar-refractivity contribution in [1.82, 2.24) is 0 Å². The molecule has 43 heavy (non-hydrogen) atoms. The molecule has 0 saturated heterocycles. The number of hydrogen-bond acceptors (Lipinski definition) is 3. The third kappa shape index (κ3) is 38.7. The molecule has 4 heteroatoms. The summed E-state index contributed by atoms with van der Waals surface area (Å²) in [4.78, 5) is 22.4. The third-order valence-corrected chi connectivity index (χ3v) is 8.69. The lowest BCUT2D eigenvalue weighted by molar-refractivity contribution is -0.144. The van der Waals surface area contributed by atoms with Crippen molar-refractivity contribution in [2.45, 2.75) is 219 Å². The van der Waals surface area contributed by atoms with E-state index < -0.39 is 5.97 Å². The summed E-state index contributed by atoms with van der Waals surface area (Å²) in [6.45, 7) is 2.88. The van der Waals surface area contributed by atoms with Gasteiger partial charge in [-0.2, -0.15) is 0 Å². The fourth-order valence-corrected chi connectivity index (χ4v) is 5.80. The van der Waals surface area contributed by atoms with Crippen molar-refractivity contribution < 1.29 is 19.4 Å². The quantitative estimate of drug-likeness (QED) is 0.0438. The minimum Gasteiger partial charge on any atom is -0.481 e. The number of ether oxygens (including phenoxy) is 1. The average molecular weight is 607 g/mol. The van der Waals surface area contributed by atoms with Gasteiger partial charge in [0.2, 0.25) is 0 Å². The van der Waals surface area contributed by atoms with Crippen LogP contribution in [0.3, 0.4) is 0 Å². The van der Waals surface area contributed by atoms with Gasteiger partial charge in [-0.25, -0.2) is 0 Å². The Hall–Kier alpha value is -1.32. The molecule has 254 valence electrons. The van der Waals surface area contributed by atoms with Crippen LogP contribution < -0.4 is 0 Å². The first-order chi connectivity index (χ1) is 21.2. The van der Waals surface area contributed by atoms with Crippen LogP contribution in [-0.2, 0) is 14.3 Å². The zero-order valence-electron chi connectivity index (χ0n) is 28.9. The Labute approximate surface area is 268 Å². The van der Waals surface area contributed by atoms with Crippen LogP contribution in [0.1, 0.15) is 219 Å². The molecule has 0 rings (SSSR count). The first kappa shape index (κ1) is 41.7. The summed E-state index contributed by atoms with van der Waals surface area (Å²) in [5.74, 6) is -0.661. The lowest BCUT2D eigenvalue weighted by Crippen LogP contribution is -2.05. The van der Waals surface area contributed by atoms with E-state index in [9.17, 15) is 9.59 Å². The number of carboxylic acids is 1. The first-order valence-corrected chi connectivity index (χ1v) is 19.2. The van der Waals surface area contributed by atoms with Crippen LogP contribution in [0.25, 0.3) is 0 Å². The van der Waals surface area contributed by atoms with Crippen molar-refractivity contribution in [3.05, 3.63) is 12.2 Å². The van der Waals surface area contributed by atoms with E-state index in [-0.39, 0.29) is 5.97 Å². The molecule has 0 fully saturated rings. The van der Waals surface area contributed by atoms with E-state index in [0.717, 1.165) is 32.1 Å². The number of unbranched alkanes of at least 4 members (excludes halogenated alkanes) is 28. The standard InChI is InChI=1S/C39H74O4/c1-2-3-4-5-6-7-8-9-10-11-15-18-21-24-27-30-33-36-39(42)43-37-34-31-28-25-22-19-16-13-12-14-17-20-23-26-29-32-35-38(40)41/h9-10H,2-8,11-37H2,1H3,(H,40,41). The summed E-state index contributed by atoms with van der Waals surface area (Å²) in [5.41, 5.74) is 0. The maximum absolute atomic E-state index is 11.9. The summed E-state index contributed by atoms with van der Waals surface area (Å²) in [6, 6.07) is 0. The SMILES string of the molecule is CCCCCCCCC=CCCCCCCCCCC(=O)OCCCCCCCCCCCCCCCCCCC(=O)O. The summed E-state index contributed by atoms with van der Waals surface area (Å²) >= 11 is 0. The average Bonchev–Trinajstić information content (AvgIpc) is 2.99. The van der Waals surface area contributed by atoms with Crippen molar-refractivity contribution in [2.24, 2.45) is 0 Å². The minimum absolute atomic E-state index is 0.00323. The monoisotopic (exact) mass is 607 g/mol. The van der Waals surface area contributed by atoms with Gasteiger partial charge in [0.05, 0.1) is 6.61 Å². The van der Waals surface area contributed by atoms with E-state index in [0.29, 0.717) is 19.4 Å². The van der Waals surface area contributed by atoms with E-state index in [1.54, 1.807) is 0 Å². The van der Waals surface area contributed by atoms with Gasteiger partial charge in [0.25, 0.3) is 0 Å². The number of allylic oxidation sites excluding steroid dienone is 2. The second kappa shape index (κ2) is 36.9. The van der Waals surface area contributed by atoms with Gasteiger partial charge in [0.15, 0.2) is 0 Å². The highest BCUT2D eigenvalue weighted by molar-refractivity contribution is 5.69. The predicted molar refractivity (Wildman–Crippen MR) is 186 cm³/mol. The van der Waals surface area contributed by atoms with Crippen LogP contribution in [0.2, 0.25) is 0 Å². The molecule has 0 atom stereocenters. The molecule has 0 bridgehead atoms. The van der Waals surface area contributed by atoms with E-state index >= 15 is 0 Å². The summed E-state index contributed by atoms with van der Waals surface area (Å²) in [7, 11) is 0. The Bertz CT molecular complexity index is 600. The minimum atomic E-state index is -0.664. The maximum Gasteiger partial charge on any atom is 0.305 e. The van der Waals surface area contributed by atoms with Crippen molar-refractivity contribution in [2.75, 3.05) is 6.61 Å². The number of hydrogen-bond donors (Lipinski definition) is 1. The molecule has 4 nitrogen and oxygen atoms in total. The molecule has 0 spiro atoms. The summed E-state index contributed by atoms with van der Waals surface area (Å²) in [5, 5.41) is 8.63. The van der Waals surface area contributed by atoms with Gasteiger partial charge in [-0.15, -0.1) is 0 Å². The Morgan fingerprint density at radius 1 is 0.442 bits per heavy atom. The Morgan fingerprint density at radius 2 is 0.767 bits per heavy atom. The van der Waals surface area contributed by atoms with E-state index in [1.165, 1.54) is 167 Å². The van der Waals surface area contributed by atoms with Crippen LogP contribution in [0.5, 0.6) is 0 Å². The second-order valence-electron chi connectivity index (χ2n) is 13.1. The fraction of sp³-hybridized carbons (Fsp3) is 0.897. The predicted octanol–water partition coefficient (Wildman–Crippen LogP) is 13.1. The van der Waals surface area contributed by atoms with Gasteiger partial charge in [0, 0.05) is 12.8 Å². The van der Waals surface area contributed by atoms with Gasteiger partial charge < -0.3 is 9.84 Å². The first-order valence-electron chi connectivity index (χ1n) is 19.2. The molecule has 0 radical (unpaired) electrons. The van der Waals surface area contributed by atoms with Crippen molar-refractivity contribution in [3.8, 4) is 0 Å². The lowest BCUT2D eigenvalue weighted by Gasteiger charge is -2.06. The second-order valence-corrected chi connectivity index (χ2v) is 13.1. The number of aliphatic carboxylic acids is 1. The molecule has 0 aromatic carbocycles. The molecule has 0 saturated carbocycles. The molecule has 0 aromatic rings. The van der Waals surface area contributed by atoms with Crippen molar-refractivity contribution >= 4 is 11.9 Å². The normalized spacial score (nSPS) is 11.5. The van der Waals surface area contributed by atoms with Gasteiger partial charge in [-0.1, -0.05) is 173 Å². The van der Waals surface area contributed by atoms with E-state index in [1.807, 2.05) is 0 Å². The van der Waals surface area contributed by atoms with Crippen LogP contribution in [0.15, 0.2) is 12.2 Å². The molecule has 0 aliphatic rings.